The molecule has 1 aromatic heterocycles. The lowest BCUT2D eigenvalue weighted by atomic mass is 9.98. The molecule has 0 spiro atoms. The van der Waals surface area contributed by atoms with E-state index in [-0.39, 0.29) is 17.0 Å². The standard InChI is InChI=1S/C12H11F3N2/c1-6-7(2)17-11(8-3-4-8)9(5-16)10(6)12(13,14)15/h8H,3-4H2,1-2H3. The zero-order valence-corrected chi connectivity index (χ0v) is 9.52. The molecule has 1 aromatic rings. The molecule has 90 valence electrons. The first kappa shape index (κ1) is 11.9. The van der Waals surface area contributed by atoms with E-state index in [1.165, 1.54) is 6.92 Å². The number of alkyl halides is 3. The normalized spacial score (nSPS) is 15.8. The van der Waals surface area contributed by atoms with Gasteiger partial charge in [-0.2, -0.15) is 18.4 Å². The molecule has 0 N–H and O–H groups in total. The molecule has 2 nitrogen and oxygen atoms in total. The lowest BCUT2D eigenvalue weighted by Crippen LogP contribution is -2.15. The number of hydrogen-bond acceptors (Lipinski definition) is 2. The molecule has 0 unspecified atom stereocenters. The third kappa shape index (κ3) is 1.99. The van der Waals surface area contributed by atoms with Crippen LogP contribution >= 0.6 is 0 Å². The van der Waals surface area contributed by atoms with E-state index in [1.54, 1.807) is 13.0 Å². The summed E-state index contributed by atoms with van der Waals surface area (Å²) in [5.41, 5.74) is -0.364. The predicted molar refractivity (Wildman–Crippen MR) is 55.4 cm³/mol. The van der Waals surface area contributed by atoms with E-state index in [9.17, 15) is 13.2 Å². The molecule has 2 rings (SSSR count). The summed E-state index contributed by atoms with van der Waals surface area (Å²) in [6.45, 7) is 2.92. The molecule has 1 aliphatic rings. The minimum Gasteiger partial charge on any atom is -0.256 e. The molecular formula is C12H11F3N2. The second kappa shape index (κ2) is 3.73. The molecular weight excluding hydrogens is 229 g/mol. The summed E-state index contributed by atoms with van der Waals surface area (Å²) in [6, 6.07) is 1.68. The summed E-state index contributed by atoms with van der Waals surface area (Å²) in [4.78, 5) is 4.16. The van der Waals surface area contributed by atoms with Gasteiger partial charge in [-0.15, -0.1) is 0 Å². The van der Waals surface area contributed by atoms with Crippen molar-refractivity contribution in [1.29, 1.82) is 5.26 Å². The van der Waals surface area contributed by atoms with Crippen LogP contribution in [-0.4, -0.2) is 4.98 Å². The Morgan fingerprint density at radius 3 is 2.29 bits per heavy atom. The third-order valence-corrected chi connectivity index (χ3v) is 3.07. The van der Waals surface area contributed by atoms with Crippen LogP contribution in [0.25, 0.3) is 0 Å². The first-order valence-electron chi connectivity index (χ1n) is 5.34. The van der Waals surface area contributed by atoms with Crippen molar-refractivity contribution >= 4 is 0 Å². The number of halogens is 3. The van der Waals surface area contributed by atoms with Crippen LogP contribution in [0.15, 0.2) is 0 Å². The molecule has 1 heterocycles. The highest BCUT2D eigenvalue weighted by Crippen LogP contribution is 2.44. The summed E-state index contributed by atoms with van der Waals surface area (Å²) in [5.74, 6) is 0.0325. The summed E-state index contributed by atoms with van der Waals surface area (Å²) in [7, 11) is 0. The molecule has 0 aromatic carbocycles. The van der Waals surface area contributed by atoms with Gasteiger partial charge >= 0.3 is 6.18 Å². The molecule has 17 heavy (non-hydrogen) atoms. The maximum atomic E-state index is 13.0. The molecule has 0 atom stereocenters. The fourth-order valence-electron chi connectivity index (χ4n) is 1.94. The number of pyridine rings is 1. The van der Waals surface area contributed by atoms with Gasteiger partial charge in [0.25, 0.3) is 0 Å². The van der Waals surface area contributed by atoms with Gasteiger partial charge in [0.2, 0.25) is 0 Å². The van der Waals surface area contributed by atoms with Crippen molar-refractivity contribution in [3.05, 3.63) is 28.1 Å². The van der Waals surface area contributed by atoms with Crippen molar-refractivity contribution in [2.75, 3.05) is 0 Å². The van der Waals surface area contributed by atoms with Crippen molar-refractivity contribution in [3.8, 4) is 6.07 Å². The van der Waals surface area contributed by atoms with E-state index in [4.69, 9.17) is 5.26 Å². The van der Waals surface area contributed by atoms with Gasteiger partial charge in [-0.05, 0) is 32.3 Å². The van der Waals surface area contributed by atoms with Crippen LogP contribution in [0.1, 0.15) is 46.8 Å². The van der Waals surface area contributed by atoms with Crippen LogP contribution in [-0.2, 0) is 6.18 Å². The molecule has 5 heteroatoms. The Morgan fingerprint density at radius 2 is 1.88 bits per heavy atom. The van der Waals surface area contributed by atoms with Gasteiger partial charge in [0.05, 0.1) is 16.8 Å². The zero-order chi connectivity index (χ0) is 12.8. The van der Waals surface area contributed by atoms with Gasteiger partial charge in [0, 0.05) is 11.6 Å². The van der Waals surface area contributed by atoms with Gasteiger partial charge in [0.1, 0.15) is 6.07 Å². The molecule has 1 fully saturated rings. The average Bonchev–Trinajstić information content (AvgIpc) is 3.02. The summed E-state index contributed by atoms with van der Waals surface area (Å²) >= 11 is 0. The van der Waals surface area contributed by atoms with Gasteiger partial charge < -0.3 is 0 Å². The van der Waals surface area contributed by atoms with E-state index in [1.807, 2.05) is 0 Å². The predicted octanol–water partition coefficient (Wildman–Crippen LogP) is 3.47. The monoisotopic (exact) mass is 240 g/mol. The molecule has 0 amide bonds. The fourth-order valence-corrected chi connectivity index (χ4v) is 1.94. The minimum atomic E-state index is -4.49. The van der Waals surface area contributed by atoms with Crippen molar-refractivity contribution in [3.63, 3.8) is 0 Å². The molecule has 0 bridgehead atoms. The van der Waals surface area contributed by atoms with E-state index >= 15 is 0 Å². The van der Waals surface area contributed by atoms with Gasteiger partial charge in [-0.1, -0.05) is 0 Å². The Balaban J connectivity index is 2.75. The van der Waals surface area contributed by atoms with E-state index < -0.39 is 11.7 Å². The fraction of sp³-hybridized carbons (Fsp3) is 0.500. The Bertz CT molecular complexity index is 508. The first-order valence-corrected chi connectivity index (χ1v) is 5.34. The Morgan fingerprint density at radius 1 is 1.29 bits per heavy atom. The highest BCUT2D eigenvalue weighted by Gasteiger charge is 2.40. The van der Waals surface area contributed by atoms with Crippen molar-refractivity contribution in [2.24, 2.45) is 0 Å². The van der Waals surface area contributed by atoms with Crippen LogP contribution in [0, 0.1) is 25.2 Å². The average molecular weight is 240 g/mol. The van der Waals surface area contributed by atoms with Gasteiger partial charge in [-0.25, -0.2) is 0 Å². The number of nitriles is 1. The first-order chi connectivity index (χ1) is 7.86. The molecule has 0 saturated heterocycles. The highest BCUT2D eigenvalue weighted by molar-refractivity contribution is 5.50. The van der Waals surface area contributed by atoms with Crippen molar-refractivity contribution in [1.82, 2.24) is 4.98 Å². The smallest absolute Gasteiger partial charge is 0.256 e. The lowest BCUT2D eigenvalue weighted by Gasteiger charge is -2.16. The van der Waals surface area contributed by atoms with E-state index in [0.29, 0.717) is 11.4 Å². The number of rotatable bonds is 1. The summed E-state index contributed by atoms with van der Waals surface area (Å²) in [6.07, 6.45) is -2.85. The highest BCUT2D eigenvalue weighted by atomic mass is 19.4. The van der Waals surface area contributed by atoms with Crippen LogP contribution in [0.2, 0.25) is 0 Å². The summed E-state index contributed by atoms with van der Waals surface area (Å²) < 4.78 is 38.9. The van der Waals surface area contributed by atoms with Gasteiger partial charge in [-0.3, -0.25) is 4.98 Å². The number of aryl methyl sites for hydroxylation is 1. The van der Waals surface area contributed by atoms with Crippen molar-refractivity contribution < 1.29 is 13.2 Å². The topological polar surface area (TPSA) is 36.7 Å². The number of nitrogens with zero attached hydrogens (tertiary/aromatic N) is 2. The Kier molecular flexibility index (Phi) is 2.61. The second-order valence-electron chi connectivity index (χ2n) is 4.34. The molecule has 1 aliphatic carbocycles. The quantitative estimate of drug-likeness (QED) is 0.753. The Labute approximate surface area is 97.1 Å². The van der Waals surface area contributed by atoms with Crippen LogP contribution in [0.4, 0.5) is 13.2 Å². The van der Waals surface area contributed by atoms with Crippen LogP contribution < -0.4 is 0 Å². The van der Waals surface area contributed by atoms with Crippen LogP contribution in [0.3, 0.4) is 0 Å². The second-order valence-corrected chi connectivity index (χ2v) is 4.34. The maximum Gasteiger partial charge on any atom is 0.418 e. The lowest BCUT2D eigenvalue weighted by molar-refractivity contribution is -0.138. The SMILES string of the molecule is Cc1nc(C2CC2)c(C#N)c(C(F)(F)F)c1C. The van der Waals surface area contributed by atoms with E-state index in [0.717, 1.165) is 12.8 Å². The largest absolute Gasteiger partial charge is 0.418 e. The van der Waals surface area contributed by atoms with Crippen LogP contribution in [0.5, 0.6) is 0 Å². The minimum absolute atomic E-state index is 0.0325. The zero-order valence-electron chi connectivity index (χ0n) is 9.52. The summed E-state index contributed by atoms with van der Waals surface area (Å²) in [5, 5.41) is 8.96. The number of hydrogen-bond donors (Lipinski definition) is 0. The molecule has 0 radical (unpaired) electrons. The Hall–Kier alpha value is -1.57. The molecule has 0 aliphatic heterocycles. The number of aromatic nitrogens is 1. The third-order valence-electron chi connectivity index (χ3n) is 3.07. The molecule has 1 saturated carbocycles. The van der Waals surface area contributed by atoms with Gasteiger partial charge in [0.15, 0.2) is 0 Å². The van der Waals surface area contributed by atoms with Crippen molar-refractivity contribution in [2.45, 2.75) is 38.8 Å². The maximum absolute atomic E-state index is 13.0. The van der Waals surface area contributed by atoms with E-state index in [2.05, 4.69) is 4.98 Å².